The smallest absolute Gasteiger partial charge is 0.0945 e. The Balaban J connectivity index is 1.60. The summed E-state index contributed by atoms with van der Waals surface area (Å²) in [4.78, 5) is 15.2. The molecule has 0 bridgehead atoms. The Morgan fingerprint density at radius 2 is 1.96 bits per heavy atom. The third kappa shape index (κ3) is 5.00. The van der Waals surface area contributed by atoms with Crippen LogP contribution in [0.15, 0.2) is 67.6 Å². The van der Waals surface area contributed by atoms with E-state index in [1.54, 1.807) is 0 Å². The Morgan fingerprint density at radius 3 is 2.70 bits per heavy atom. The lowest BCUT2D eigenvalue weighted by atomic mass is 10.2. The number of hydrogen-bond acceptors (Lipinski definition) is 4. The lowest BCUT2D eigenvalue weighted by Crippen LogP contribution is -2.25. The van der Waals surface area contributed by atoms with E-state index in [1.165, 1.54) is 5.56 Å². The number of aromatic nitrogens is 4. The van der Waals surface area contributed by atoms with E-state index in [0.717, 1.165) is 38.3 Å². The SMILES string of the molecule is c1ccc(CN(CCCn2ccnc2)Cc2cccnc2)nc1. The zero-order valence-corrected chi connectivity index (χ0v) is 13.1. The summed E-state index contributed by atoms with van der Waals surface area (Å²) in [6, 6.07) is 10.2. The fourth-order valence-electron chi connectivity index (χ4n) is 2.58. The molecule has 3 rings (SSSR count). The van der Waals surface area contributed by atoms with E-state index < -0.39 is 0 Å². The first-order valence-electron chi connectivity index (χ1n) is 7.87. The molecule has 3 aromatic heterocycles. The van der Waals surface area contributed by atoms with Crippen molar-refractivity contribution in [2.24, 2.45) is 0 Å². The predicted octanol–water partition coefficient (Wildman–Crippen LogP) is 2.77. The molecule has 5 nitrogen and oxygen atoms in total. The molecule has 0 aromatic carbocycles. The first-order chi connectivity index (χ1) is 11.4. The molecular weight excluding hydrogens is 286 g/mol. The normalized spacial score (nSPS) is 11.0. The fraction of sp³-hybridized carbons (Fsp3) is 0.278. The zero-order chi connectivity index (χ0) is 15.7. The van der Waals surface area contributed by atoms with Gasteiger partial charge in [0.1, 0.15) is 0 Å². The van der Waals surface area contributed by atoms with E-state index >= 15 is 0 Å². The molecule has 0 saturated carbocycles. The van der Waals surface area contributed by atoms with Crippen LogP contribution in [0.5, 0.6) is 0 Å². The van der Waals surface area contributed by atoms with Crippen molar-refractivity contribution in [3.8, 4) is 0 Å². The molecule has 0 amide bonds. The highest BCUT2D eigenvalue weighted by Gasteiger charge is 2.08. The topological polar surface area (TPSA) is 46.8 Å². The first-order valence-corrected chi connectivity index (χ1v) is 7.87. The zero-order valence-electron chi connectivity index (χ0n) is 13.1. The van der Waals surface area contributed by atoms with Crippen LogP contribution in [0.4, 0.5) is 0 Å². The van der Waals surface area contributed by atoms with Gasteiger partial charge in [-0.25, -0.2) is 4.98 Å². The van der Waals surface area contributed by atoms with E-state index in [1.807, 2.05) is 55.5 Å². The van der Waals surface area contributed by atoms with Gasteiger partial charge in [-0.15, -0.1) is 0 Å². The number of imidazole rings is 1. The van der Waals surface area contributed by atoms with Gasteiger partial charge < -0.3 is 4.57 Å². The largest absolute Gasteiger partial charge is 0.337 e. The molecule has 5 heteroatoms. The minimum absolute atomic E-state index is 0.847. The number of pyridine rings is 2. The molecule has 0 radical (unpaired) electrons. The van der Waals surface area contributed by atoms with E-state index in [2.05, 4.69) is 36.6 Å². The molecule has 0 saturated heterocycles. The van der Waals surface area contributed by atoms with Crippen molar-refractivity contribution >= 4 is 0 Å². The Kier molecular flexibility index (Phi) is 5.48. The molecule has 0 aliphatic rings. The summed E-state index contributed by atoms with van der Waals surface area (Å²) in [6.45, 7) is 3.71. The first kappa shape index (κ1) is 15.4. The average molecular weight is 307 g/mol. The highest BCUT2D eigenvalue weighted by atomic mass is 15.1. The van der Waals surface area contributed by atoms with Crippen molar-refractivity contribution in [1.29, 1.82) is 0 Å². The van der Waals surface area contributed by atoms with Crippen LogP contribution in [-0.2, 0) is 19.6 Å². The molecule has 0 spiro atoms. The molecule has 0 aliphatic carbocycles. The second-order valence-electron chi connectivity index (χ2n) is 5.55. The van der Waals surface area contributed by atoms with Gasteiger partial charge in [0.15, 0.2) is 0 Å². The van der Waals surface area contributed by atoms with Crippen molar-refractivity contribution in [1.82, 2.24) is 24.4 Å². The number of hydrogen-bond donors (Lipinski definition) is 0. The summed E-state index contributed by atoms with van der Waals surface area (Å²) >= 11 is 0. The standard InChI is InChI=1S/C18H21N5/c1-2-8-21-18(6-1)15-23(14-17-5-3-7-19-13-17)11-4-10-22-12-9-20-16-22/h1-3,5-9,12-13,16H,4,10-11,14-15H2. The molecule has 0 unspecified atom stereocenters. The van der Waals surface area contributed by atoms with Crippen molar-refractivity contribution in [3.05, 3.63) is 78.9 Å². The summed E-state index contributed by atoms with van der Waals surface area (Å²) in [7, 11) is 0. The highest BCUT2D eigenvalue weighted by molar-refractivity contribution is 5.09. The van der Waals surface area contributed by atoms with Crippen molar-refractivity contribution in [2.75, 3.05) is 6.54 Å². The third-order valence-corrected chi connectivity index (χ3v) is 3.69. The molecule has 0 aliphatic heterocycles. The second-order valence-corrected chi connectivity index (χ2v) is 5.55. The highest BCUT2D eigenvalue weighted by Crippen LogP contribution is 2.09. The molecule has 0 N–H and O–H groups in total. The minimum atomic E-state index is 0.847. The monoisotopic (exact) mass is 307 g/mol. The Bertz CT molecular complexity index is 626. The van der Waals surface area contributed by atoms with Crippen LogP contribution < -0.4 is 0 Å². The summed E-state index contributed by atoms with van der Waals surface area (Å²) < 4.78 is 2.11. The van der Waals surface area contributed by atoms with Crippen LogP contribution in [0.1, 0.15) is 17.7 Å². The molecule has 23 heavy (non-hydrogen) atoms. The van der Waals surface area contributed by atoms with Crippen LogP contribution in [0.25, 0.3) is 0 Å². The van der Waals surface area contributed by atoms with Gasteiger partial charge in [0.25, 0.3) is 0 Å². The second kappa shape index (κ2) is 8.19. The number of nitrogens with zero attached hydrogens (tertiary/aromatic N) is 5. The van der Waals surface area contributed by atoms with Gasteiger partial charge in [0.05, 0.1) is 12.0 Å². The van der Waals surface area contributed by atoms with Crippen LogP contribution in [-0.4, -0.2) is 31.0 Å². The quantitative estimate of drug-likeness (QED) is 0.642. The number of rotatable bonds is 8. The summed E-state index contributed by atoms with van der Waals surface area (Å²) in [5.74, 6) is 0. The van der Waals surface area contributed by atoms with Gasteiger partial charge in [-0.05, 0) is 30.2 Å². The fourth-order valence-corrected chi connectivity index (χ4v) is 2.58. The van der Waals surface area contributed by atoms with Crippen LogP contribution in [0.3, 0.4) is 0 Å². The van der Waals surface area contributed by atoms with Gasteiger partial charge in [0.2, 0.25) is 0 Å². The van der Waals surface area contributed by atoms with Crippen molar-refractivity contribution in [2.45, 2.75) is 26.1 Å². The minimum Gasteiger partial charge on any atom is -0.337 e. The van der Waals surface area contributed by atoms with Gasteiger partial charge in [-0.3, -0.25) is 14.9 Å². The van der Waals surface area contributed by atoms with E-state index in [0.29, 0.717) is 0 Å². The molecule has 0 fully saturated rings. The van der Waals surface area contributed by atoms with Crippen molar-refractivity contribution < 1.29 is 0 Å². The Labute approximate surface area is 136 Å². The Morgan fingerprint density at radius 1 is 0.957 bits per heavy atom. The maximum absolute atomic E-state index is 4.45. The summed E-state index contributed by atoms with van der Waals surface area (Å²) in [5, 5.41) is 0. The van der Waals surface area contributed by atoms with Gasteiger partial charge in [-0.2, -0.15) is 0 Å². The van der Waals surface area contributed by atoms with Crippen LogP contribution in [0, 0.1) is 0 Å². The third-order valence-electron chi connectivity index (χ3n) is 3.69. The Hall–Kier alpha value is -2.53. The lowest BCUT2D eigenvalue weighted by molar-refractivity contribution is 0.245. The van der Waals surface area contributed by atoms with Gasteiger partial charge in [-0.1, -0.05) is 12.1 Å². The van der Waals surface area contributed by atoms with Gasteiger partial charge >= 0.3 is 0 Å². The lowest BCUT2D eigenvalue weighted by Gasteiger charge is -2.22. The van der Waals surface area contributed by atoms with Crippen LogP contribution >= 0.6 is 0 Å². The molecular formula is C18H21N5. The maximum atomic E-state index is 4.45. The van der Waals surface area contributed by atoms with Crippen LogP contribution in [0.2, 0.25) is 0 Å². The van der Waals surface area contributed by atoms with Gasteiger partial charge in [0, 0.05) is 57.2 Å². The maximum Gasteiger partial charge on any atom is 0.0945 e. The molecule has 3 heterocycles. The number of aryl methyl sites for hydroxylation is 1. The molecule has 0 atom stereocenters. The average Bonchev–Trinajstić information content (AvgIpc) is 3.10. The van der Waals surface area contributed by atoms with E-state index in [4.69, 9.17) is 0 Å². The summed E-state index contributed by atoms with van der Waals surface area (Å²) in [5.41, 5.74) is 2.32. The van der Waals surface area contributed by atoms with E-state index in [-0.39, 0.29) is 0 Å². The molecule has 3 aromatic rings. The predicted molar refractivity (Wildman–Crippen MR) is 89.4 cm³/mol. The van der Waals surface area contributed by atoms with Crippen molar-refractivity contribution in [3.63, 3.8) is 0 Å². The van der Waals surface area contributed by atoms with E-state index in [9.17, 15) is 0 Å². The summed E-state index contributed by atoms with van der Waals surface area (Å²) in [6.07, 6.45) is 12.4. The molecule has 118 valence electrons.